The lowest BCUT2D eigenvalue weighted by Gasteiger charge is -2.07. The van der Waals surface area contributed by atoms with Gasteiger partial charge < -0.3 is 10.6 Å². The summed E-state index contributed by atoms with van der Waals surface area (Å²) in [6.07, 6.45) is 46.8. The zero-order valence-electron chi connectivity index (χ0n) is 28.3. The number of amides is 2. The van der Waals surface area contributed by atoms with E-state index in [1.54, 1.807) is 0 Å². The van der Waals surface area contributed by atoms with E-state index in [9.17, 15) is 9.59 Å². The second-order valence-corrected chi connectivity index (χ2v) is 12.5. The summed E-state index contributed by atoms with van der Waals surface area (Å²) in [5.74, 6) is 0.280. The Labute approximate surface area is 266 Å². The Morgan fingerprint density at radius 2 is 0.791 bits per heavy atom. The lowest BCUT2D eigenvalue weighted by molar-refractivity contribution is -0.123. The van der Waals surface area contributed by atoms with Gasteiger partial charge in [0, 0.05) is 12.8 Å². The van der Waals surface area contributed by atoms with Crippen molar-refractivity contribution in [1.82, 2.24) is 10.6 Å². The number of unbranched alkanes of at least 4 members (excludes halogenated alkanes) is 16. The Balaban J connectivity index is 1.86. The van der Waals surface area contributed by atoms with Crippen molar-refractivity contribution >= 4 is 11.8 Å². The third-order valence-corrected chi connectivity index (χ3v) is 8.19. The SMILES string of the molecule is CCCCC/C=C\C/C=C\CCCCCCCC(=O)N[C@H]1C[C@H]1NC(=O)CCCCCCC/C=C\C/C=C\CCCCC. The summed E-state index contributed by atoms with van der Waals surface area (Å²) in [6, 6.07) is 0.276. The lowest BCUT2D eigenvalue weighted by Crippen LogP contribution is -2.34. The Morgan fingerprint density at radius 3 is 1.16 bits per heavy atom. The van der Waals surface area contributed by atoms with E-state index in [1.807, 2.05) is 0 Å². The molecule has 2 N–H and O–H groups in total. The molecular weight excluding hydrogens is 528 g/mol. The zero-order valence-corrected chi connectivity index (χ0v) is 28.3. The predicted octanol–water partition coefficient (Wildman–Crippen LogP) is 11.0. The van der Waals surface area contributed by atoms with Crippen molar-refractivity contribution in [3.05, 3.63) is 48.6 Å². The molecule has 4 heteroatoms. The highest BCUT2D eigenvalue weighted by atomic mass is 16.2. The maximum atomic E-state index is 12.2. The highest BCUT2D eigenvalue weighted by Gasteiger charge is 2.39. The molecular formula is C39H68N2O2. The van der Waals surface area contributed by atoms with Crippen molar-refractivity contribution in [2.45, 2.75) is 186 Å². The number of nitrogens with one attached hydrogen (secondary N) is 2. The van der Waals surface area contributed by atoms with Crippen molar-refractivity contribution in [2.75, 3.05) is 0 Å². The van der Waals surface area contributed by atoms with Crippen LogP contribution in [0.25, 0.3) is 0 Å². The van der Waals surface area contributed by atoms with E-state index in [4.69, 9.17) is 0 Å². The molecule has 2 amide bonds. The lowest BCUT2D eigenvalue weighted by atomic mass is 10.1. The van der Waals surface area contributed by atoms with Gasteiger partial charge in [0.2, 0.25) is 11.8 Å². The van der Waals surface area contributed by atoms with Crippen molar-refractivity contribution in [2.24, 2.45) is 0 Å². The van der Waals surface area contributed by atoms with Crippen LogP contribution in [0.4, 0.5) is 0 Å². The third-order valence-electron chi connectivity index (χ3n) is 8.19. The van der Waals surface area contributed by atoms with Crippen LogP contribution in [0, 0.1) is 0 Å². The molecule has 1 aliphatic carbocycles. The van der Waals surface area contributed by atoms with Gasteiger partial charge in [0.15, 0.2) is 0 Å². The van der Waals surface area contributed by atoms with Crippen LogP contribution in [0.2, 0.25) is 0 Å². The largest absolute Gasteiger partial charge is 0.351 e. The summed E-state index contributed by atoms with van der Waals surface area (Å²) in [4.78, 5) is 24.5. The molecule has 0 unspecified atom stereocenters. The van der Waals surface area contributed by atoms with E-state index in [0.29, 0.717) is 12.8 Å². The number of carbonyl (C=O) groups is 2. The van der Waals surface area contributed by atoms with Crippen LogP contribution in [0.1, 0.15) is 174 Å². The van der Waals surface area contributed by atoms with Gasteiger partial charge in [-0.1, -0.05) is 127 Å². The average molecular weight is 597 g/mol. The Morgan fingerprint density at radius 1 is 0.465 bits per heavy atom. The summed E-state index contributed by atoms with van der Waals surface area (Å²) >= 11 is 0. The quantitative estimate of drug-likeness (QED) is 0.0640. The molecule has 0 bridgehead atoms. The zero-order chi connectivity index (χ0) is 31.1. The molecule has 1 rings (SSSR count). The monoisotopic (exact) mass is 597 g/mol. The highest BCUT2D eigenvalue weighted by Crippen LogP contribution is 2.22. The predicted molar refractivity (Wildman–Crippen MR) is 187 cm³/mol. The molecule has 0 aromatic carbocycles. The highest BCUT2D eigenvalue weighted by molar-refractivity contribution is 5.78. The molecule has 0 saturated heterocycles. The van der Waals surface area contributed by atoms with Gasteiger partial charge in [-0.05, 0) is 83.5 Å². The molecule has 2 atom stereocenters. The first-order valence-corrected chi connectivity index (χ1v) is 18.4. The molecule has 4 nitrogen and oxygen atoms in total. The van der Waals surface area contributed by atoms with Crippen LogP contribution in [-0.4, -0.2) is 23.9 Å². The first kappa shape index (κ1) is 38.9. The fourth-order valence-electron chi connectivity index (χ4n) is 5.27. The van der Waals surface area contributed by atoms with Gasteiger partial charge in [0.25, 0.3) is 0 Å². The minimum absolute atomic E-state index is 0.138. The standard InChI is InChI=1S/C39H68N2O2/c1-3-5-7-9-11-13-15-17-19-21-23-25-27-29-31-33-38(42)40-36-35-37(36)41-39(43)34-32-30-28-26-24-22-20-18-16-14-12-10-8-6-4-2/h11-14,17-20,36-37H,3-10,15-16,21-35H2,1-2H3,(H,40,42)(H,41,43)/b13-11-,14-12-,19-17-,20-18-/t36-,37+. The fourth-order valence-corrected chi connectivity index (χ4v) is 5.27. The Hall–Kier alpha value is -2.10. The third kappa shape index (κ3) is 27.2. The molecule has 1 aliphatic rings. The maximum absolute atomic E-state index is 12.2. The van der Waals surface area contributed by atoms with Crippen LogP contribution in [0.3, 0.4) is 0 Å². The first-order chi connectivity index (χ1) is 21.2. The summed E-state index contributed by atoms with van der Waals surface area (Å²) in [6.45, 7) is 4.49. The van der Waals surface area contributed by atoms with Crippen LogP contribution in [0.5, 0.6) is 0 Å². The van der Waals surface area contributed by atoms with Gasteiger partial charge in [-0.25, -0.2) is 0 Å². The van der Waals surface area contributed by atoms with Gasteiger partial charge in [-0.2, -0.15) is 0 Å². The number of carbonyl (C=O) groups excluding carboxylic acids is 2. The topological polar surface area (TPSA) is 58.2 Å². The van der Waals surface area contributed by atoms with Crippen molar-refractivity contribution in [1.29, 1.82) is 0 Å². The molecule has 0 aromatic heterocycles. The molecule has 0 aliphatic heterocycles. The number of hydrogen-bond acceptors (Lipinski definition) is 2. The normalized spacial score (nSPS) is 16.7. The molecule has 1 fully saturated rings. The van der Waals surface area contributed by atoms with Gasteiger partial charge >= 0.3 is 0 Å². The van der Waals surface area contributed by atoms with E-state index in [0.717, 1.165) is 57.8 Å². The van der Waals surface area contributed by atoms with Gasteiger partial charge in [-0.15, -0.1) is 0 Å². The van der Waals surface area contributed by atoms with E-state index in [2.05, 4.69) is 73.1 Å². The van der Waals surface area contributed by atoms with Gasteiger partial charge in [0.05, 0.1) is 12.1 Å². The maximum Gasteiger partial charge on any atom is 0.220 e. The van der Waals surface area contributed by atoms with Crippen molar-refractivity contribution < 1.29 is 9.59 Å². The molecule has 246 valence electrons. The van der Waals surface area contributed by atoms with E-state index in [1.165, 1.54) is 89.9 Å². The Bertz CT molecular complexity index is 718. The molecule has 0 aromatic rings. The second kappa shape index (κ2) is 29.9. The second-order valence-electron chi connectivity index (χ2n) is 12.5. The molecule has 0 heterocycles. The number of allylic oxidation sites excluding steroid dienone is 8. The number of hydrogen-bond donors (Lipinski definition) is 2. The molecule has 1 saturated carbocycles. The summed E-state index contributed by atoms with van der Waals surface area (Å²) in [5.41, 5.74) is 0. The van der Waals surface area contributed by atoms with E-state index >= 15 is 0 Å². The summed E-state index contributed by atoms with van der Waals surface area (Å²) in [5, 5.41) is 6.21. The summed E-state index contributed by atoms with van der Waals surface area (Å²) < 4.78 is 0. The van der Waals surface area contributed by atoms with Gasteiger partial charge in [-0.3, -0.25) is 9.59 Å². The number of rotatable bonds is 30. The van der Waals surface area contributed by atoms with Crippen LogP contribution < -0.4 is 10.6 Å². The minimum Gasteiger partial charge on any atom is -0.351 e. The van der Waals surface area contributed by atoms with Crippen LogP contribution in [0.15, 0.2) is 48.6 Å². The van der Waals surface area contributed by atoms with Crippen LogP contribution >= 0.6 is 0 Å². The van der Waals surface area contributed by atoms with Gasteiger partial charge in [0.1, 0.15) is 0 Å². The van der Waals surface area contributed by atoms with Crippen molar-refractivity contribution in [3.8, 4) is 0 Å². The van der Waals surface area contributed by atoms with E-state index in [-0.39, 0.29) is 23.9 Å². The Kier molecular flexibility index (Phi) is 27.1. The average Bonchev–Trinajstić information content (AvgIpc) is 3.73. The summed E-state index contributed by atoms with van der Waals surface area (Å²) in [7, 11) is 0. The first-order valence-electron chi connectivity index (χ1n) is 18.4. The fraction of sp³-hybridized carbons (Fsp3) is 0.744. The van der Waals surface area contributed by atoms with Crippen molar-refractivity contribution in [3.63, 3.8) is 0 Å². The molecule has 43 heavy (non-hydrogen) atoms. The van der Waals surface area contributed by atoms with Crippen LogP contribution in [-0.2, 0) is 9.59 Å². The smallest absolute Gasteiger partial charge is 0.220 e. The molecule has 0 spiro atoms. The van der Waals surface area contributed by atoms with E-state index < -0.39 is 0 Å². The molecule has 0 radical (unpaired) electrons. The minimum atomic E-state index is 0.138.